The van der Waals surface area contributed by atoms with Gasteiger partial charge in [0.05, 0.1) is 17.7 Å². The molecular weight excluding hydrogens is 502 g/mol. The second kappa shape index (κ2) is 10.5. The van der Waals surface area contributed by atoms with Gasteiger partial charge in [0.15, 0.2) is 0 Å². The van der Waals surface area contributed by atoms with Crippen LogP contribution in [0.25, 0.3) is 6.08 Å². The van der Waals surface area contributed by atoms with E-state index in [1.807, 2.05) is 0 Å². The summed E-state index contributed by atoms with van der Waals surface area (Å²) < 4.78 is 11.1. The first-order chi connectivity index (χ1) is 17.7. The number of anilines is 1. The van der Waals surface area contributed by atoms with E-state index in [2.05, 4.69) is 5.32 Å². The first kappa shape index (κ1) is 25.4. The minimum Gasteiger partial charge on any atom is -0.497 e. The molecule has 0 aromatic heterocycles. The van der Waals surface area contributed by atoms with Crippen molar-refractivity contribution >= 4 is 46.9 Å². The lowest BCUT2D eigenvalue weighted by Crippen LogP contribution is -2.54. The van der Waals surface area contributed by atoms with Gasteiger partial charge in [-0.25, -0.2) is 9.69 Å². The Morgan fingerprint density at radius 3 is 2.59 bits per heavy atom. The van der Waals surface area contributed by atoms with Crippen molar-refractivity contribution in [3.05, 3.63) is 98.1 Å². The molecule has 0 radical (unpaired) electrons. The van der Waals surface area contributed by atoms with Crippen LogP contribution >= 0.6 is 11.6 Å². The normalized spacial score (nSPS) is 14.5. The molecule has 0 saturated carbocycles. The van der Waals surface area contributed by atoms with Gasteiger partial charge in [0, 0.05) is 28.8 Å². The Hall–Kier alpha value is -4.70. The number of nitrogens with zero attached hydrogens (tertiary/aromatic N) is 2. The monoisotopic (exact) mass is 521 g/mol. The lowest BCUT2D eigenvalue weighted by molar-refractivity contribution is -0.384. The number of ether oxygens (including phenoxy) is 2. The maximum absolute atomic E-state index is 13.3. The van der Waals surface area contributed by atoms with Gasteiger partial charge >= 0.3 is 6.03 Å². The molecule has 3 aromatic rings. The third-order valence-electron chi connectivity index (χ3n) is 5.55. The fourth-order valence-electron chi connectivity index (χ4n) is 3.66. The van der Waals surface area contributed by atoms with Crippen molar-refractivity contribution in [1.82, 2.24) is 5.32 Å². The fraction of sp³-hybridized carbons (Fsp3) is 0.115. The second-order valence-corrected chi connectivity index (χ2v) is 8.44. The highest BCUT2D eigenvalue weighted by molar-refractivity contribution is 6.39. The number of nitro benzene ring substituents is 1. The number of rotatable bonds is 7. The van der Waals surface area contributed by atoms with Crippen LogP contribution in [0.4, 0.5) is 16.2 Å². The largest absolute Gasteiger partial charge is 0.497 e. The standard InChI is InChI=1S/C26H20ClN3O7/c1-15-6-8-18(27)12-22(15)29-25(32)21(24(31)28-26(29)33)11-17-7-9-20(36-2)13-23(17)37-14-16-4-3-5-19(10-16)30(34)35/h3-13H,14H2,1-2H3,(H,28,31,33)/b21-11+. The third-order valence-corrected chi connectivity index (χ3v) is 5.79. The van der Waals surface area contributed by atoms with E-state index in [1.165, 1.54) is 31.4 Å². The van der Waals surface area contributed by atoms with Gasteiger partial charge < -0.3 is 9.47 Å². The lowest BCUT2D eigenvalue weighted by Gasteiger charge is -2.27. The molecule has 0 bridgehead atoms. The third kappa shape index (κ3) is 5.44. The molecule has 0 spiro atoms. The Labute approximate surface area is 216 Å². The molecule has 1 saturated heterocycles. The Morgan fingerprint density at radius 2 is 1.86 bits per heavy atom. The van der Waals surface area contributed by atoms with E-state index in [-0.39, 0.29) is 29.3 Å². The van der Waals surface area contributed by atoms with Gasteiger partial charge in [0.25, 0.3) is 17.5 Å². The zero-order chi connectivity index (χ0) is 26.7. The smallest absolute Gasteiger partial charge is 0.335 e. The predicted octanol–water partition coefficient (Wildman–Crippen LogP) is 4.81. The van der Waals surface area contributed by atoms with Gasteiger partial charge in [-0.2, -0.15) is 0 Å². The van der Waals surface area contributed by atoms with Crippen LogP contribution in [-0.2, 0) is 16.2 Å². The summed E-state index contributed by atoms with van der Waals surface area (Å²) in [4.78, 5) is 50.0. The molecule has 1 aliphatic heterocycles. The van der Waals surface area contributed by atoms with Crippen LogP contribution in [0, 0.1) is 17.0 Å². The van der Waals surface area contributed by atoms with E-state index in [0.717, 1.165) is 4.90 Å². The molecule has 11 heteroatoms. The summed E-state index contributed by atoms with van der Waals surface area (Å²) >= 11 is 6.07. The minimum atomic E-state index is -0.894. The van der Waals surface area contributed by atoms with Crippen LogP contribution in [-0.4, -0.2) is 29.9 Å². The average molecular weight is 522 g/mol. The molecule has 4 rings (SSSR count). The molecule has 0 atom stereocenters. The van der Waals surface area contributed by atoms with Gasteiger partial charge in [-0.05, 0) is 48.4 Å². The number of hydrogen-bond donors (Lipinski definition) is 1. The number of amides is 4. The van der Waals surface area contributed by atoms with Crippen LogP contribution < -0.4 is 19.7 Å². The number of nitro groups is 1. The van der Waals surface area contributed by atoms with Crippen molar-refractivity contribution in [1.29, 1.82) is 0 Å². The number of aryl methyl sites for hydroxylation is 1. The fourth-order valence-corrected chi connectivity index (χ4v) is 3.83. The number of nitrogens with one attached hydrogen (secondary N) is 1. The molecule has 1 heterocycles. The van der Waals surface area contributed by atoms with Crippen molar-refractivity contribution in [3.8, 4) is 11.5 Å². The van der Waals surface area contributed by atoms with Crippen LogP contribution in [0.15, 0.2) is 66.2 Å². The second-order valence-electron chi connectivity index (χ2n) is 8.01. The summed E-state index contributed by atoms with van der Waals surface area (Å²) in [6.07, 6.45) is 1.30. The van der Waals surface area contributed by atoms with Gasteiger partial charge in [0.2, 0.25) is 0 Å². The average Bonchev–Trinajstić information content (AvgIpc) is 2.87. The predicted molar refractivity (Wildman–Crippen MR) is 136 cm³/mol. The van der Waals surface area contributed by atoms with Crippen LogP contribution in [0.2, 0.25) is 5.02 Å². The molecular formula is C26H20ClN3O7. The highest BCUT2D eigenvalue weighted by atomic mass is 35.5. The Balaban J connectivity index is 1.70. The summed E-state index contributed by atoms with van der Waals surface area (Å²) in [6, 6.07) is 14.6. The minimum absolute atomic E-state index is 0.0303. The molecule has 4 amide bonds. The summed E-state index contributed by atoms with van der Waals surface area (Å²) in [5, 5.41) is 13.6. The summed E-state index contributed by atoms with van der Waals surface area (Å²) in [7, 11) is 1.47. The zero-order valence-electron chi connectivity index (χ0n) is 19.7. The van der Waals surface area contributed by atoms with Crippen LogP contribution in [0.3, 0.4) is 0 Å². The van der Waals surface area contributed by atoms with Crippen LogP contribution in [0.1, 0.15) is 16.7 Å². The summed E-state index contributed by atoms with van der Waals surface area (Å²) in [5.74, 6) is -1.01. The molecule has 1 N–H and O–H groups in total. The molecule has 10 nitrogen and oxygen atoms in total. The van der Waals surface area contributed by atoms with Crippen LogP contribution in [0.5, 0.6) is 11.5 Å². The number of carbonyl (C=O) groups excluding carboxylic acids is 3. The van der Waals surface area contributed by atoms with Gasteiger partial charge in [-0.1, -0.05) is 29.8 Å². The van der Waals surface area contributed by atoms with Crippen molar-refractivity contribution in [3.63, 3.8) is 0 Å². The zero-order valence-corrected chi connectivity index (χ0v) is 20.4. The lowest BCUT2D eigenvalue weighted by atomic mass is 10.0. The van der Waals surface area contributed by atoms with Crippen molar-refractivity contribution in [2.75, 3.05) is 12.0 Å². The van der Waals surface area contributed by atoms with Gasteiger partial charge in [-0.3, -0.25) is 25.0 Å². The number of non-ortho nitro benzene ring substituents is 1. The van der Waals surface area contributed by atoms with E-state index in [9.17, 15) is 24.5 Å². The molecule has 0 aliphatic carbocycles. The Kier molecular flexibility index (Phi) is 7.21. The topological polar surface area (TPSA) is 128 Å². The first-order valence-corrected chi connectivity index (χ1v) is 11.3. The van der Waals surface area contributed by atoms with E-state index in [4.69, 9.17) is 21.1 Å². The van der Waals surface area contributed by atoms with E-state index in [0.29, 0.717) is 27.5 Å². The molecule has 37 heavy (non-hydrogen) atoms. The Bertz CT molecular complexity index is 1470. The van der Waals surface area contributed by atoms with E-state index >= 15 is 0 Å². The molecule has 1 fully saturated rings. The number of imide groups is 2. The number of halogens is 1. The van der Waals surface area contributed by atoms with E-state index < -0.39 is 22.8 Å². The van der Waals surface area contributed by atoms with Gasteiger partial charge in [-0.15, -0.1) is 0 Å². The van der Waals surface area contributed by atoms with Crippen molar-refractivity contribution in [2.45, 2.75) is 13.5 Å². The van der Waals surface area contributed by atoms with Crippen molar-refractivity contribution < 1.29 is 28.8 Å². The SMILES string of the molecule is COc1ccc(/C=C2\C(=O)NC(=O)N(c3cc(Cl)ccc3C)C2=O)c(OCc2cccc([N+](=O)[O-])c2)c1. The number of carbonyl (C=O) groups is 3. The quantitative estimate of drug-likeness (QED) is 0.204. The maximum atomic E-state index is 13.3. The highest BCUT2D eigenvalue weighted by Gasteiger charge is 2.37. The number of urea groups is 1. The van der Waals surface area contributed by atoms with Crippen molar-refractivity contribution in [2.24, 2.45) is 0 Å². The van der Waals surface area contributed by atoms with Gasteiger partial charge in [0.1, 0.15) is 23.7 Å². The number of methoxy groups -OCH3 is 1. The summed E-state index contributed by atoms with van der Waals surface area (Å²) in [6.45, 7) is 1.67. The van der Waals surface area contributed by atoms with E-state index in [1.54, 1.807) is 49.4 Å². The first-order valence-electron chi connectivity index (χ1n) is 10.9. The Morgan fingerprint density at radius 1 is 1.08 bits per heavy atom. The maximum Gasteiger partial charge on any atom is 0.335 e. The number of benzene rings is 3. The highest BCUT2D eigenvalue weighted by Crippen LogP contribution is 2.31. The number of hydrogen-bond acceptors (Lipinski definition) is 7. The molecule has 3 aromatic carbocycles. The summed E-state index contributed by atoms with van der Waals surface area (Å²) in [5.41, 5.74) is 1.35. The molecule has 1 aliphatic rings. The molecule has 188 valence electrons. The number of barbiturate groups is 1. The molecule has 0 unspecified atom stereocenters.